The van der Waals surface area contributed by atoms with E-state index in [1.807, 2.05) is 21.1 Å². The number of nitrogens with zero attached hydrogens (tertiary/aromatic N) is 1. The van der Waals surface area contributed by atoms with Gasteiger partial charge < -0.3 is 18.9 Å². The van der Waals surface area contributed by atoms with Crippen molar-refractivity contribution in [3.63, 3.8) is 0 Å². The van der Waals surface area contributed by atoms with E-state index in [0.717, 1.165) is 38.5 Å². The molecule has 0 aromatic carbocycles. The first-order valence-electron chi connectivity index (χ1n) is 25.6. The third-order valence-electron chi connectivity index (χ3n) is 11.2. The molecular weight excluding hydrogens is 786 g/mol. The molecule has 0 aliphatic rings. The van der Waals surface area contributed by atoms with Crippen LogP contribution in [-0.4, -0.2) is 74.9 Å². The molecule has 0 rings (SSSR count). The van der Waals surface area contributed by atoms with Gasteiger partial charge in [-0.25, -0.2) is 4.57 Å². The molecule has 1 N–H and O–H groups in total. The number of allylic oxidation sites excluding steroid dienone is 4. The zero-order chi connectivity index (χ0) is 45.0. The van der Waals surface area contributed by atoms with Gasteiger partial charge in [0.05, 0.1) is 27.7 Å². The van der Waals surface area contributed by atoms with Crippen molar-refractivity contribution in [3.8, 4) is 0 Å². The predicted molar refractivity (Wildman–Crippen MR) is 257 cm³/mol. The first-order chi connectivity index (χ1) is 29.5. The minimum Gasteiger partial charge on any atom is -0.462 e. The van der Waals surface area contributed by atoms with Crippen LogP contribution in [0.4, 0.5) is 0 Å². The molecule has 0 bridgehead atoms. The highest BCUT2D eigenvalue weighted by Crippen LogP contribution is 2.43. The maximum atomic E-state index is 12.7. The molecule has 0 saturated heterocycles. The number of phosphoric ester groups is 1. The molecule has 0 saturated carbocycles. The lowest BCUT2D eigenvalue weighted by molar-refractivity contribution is -0.870. The van der Waals surface area contributed by atoms with E-state index in [1.54, 1.807) is 0 Å². The molecule has 0 amide bonds. The maximum Gasteiger partial charge on any atom is 0.472 e. The second-order valence-electron chi connectivity index (χ2n) is 18.6. The fraction of sp³-hybridized carbons (Fsp3) is 0.882. The van der Waals surface area contributed by atoms with Gasteiger partial charge in [-0.15, -0.1) is 0 Å². The monoisotopic (exact) mass is 885 g/mol. The summed E-state index contributed by atoms with van der Waals surface area (Å²) in [4.78, 5) is 35.5. The van der Waals surface area contributed by atoms with Gasteiger partial charge in [0.15, 0.2) is 6.10 Å². The summed E-state index contributed by atoms with van der Waals surface area (Å²) in [6.07, 6.45) is 49.3. The Morgan fingerprint density at radius 3 is 1.33 bits per heavy atom. The van der Waals surface area contributed by atoms with Gasteiger partial charge in [0.1, 0.15) is 19.8 Å². The number of unbranched alkanes of at least 4 members (excludes halogenated alkanes) is 29. The number of carbonyl (C=O) groups excluding carboxylic acids is 2. The Morgan fingerprint density at radius 2 is 0.885 bits per heavy atom. The Labute approximate surface area is 377 Å². The molecule has 1 unspecified atom stereocenters. The van der Waals surface area contributed by atoms with Gasteiger partial charge in [0.2, 0.25) is 0 Å². The second-order valence-corrected chi connectivity index (χ2v) is 20.0. The summed E-state index contributed by atoms with van der Waals surface area (Å²) in [5.41, 5.74) is 0. The number of hydrogen-bond donors (Lipinski definition) is 1. The summed E-state index contributed by atoms with van der Waals surface area (Å²) in [6, 6.07) is 0. The van der Waals surface area contributed by atoms with Crippen molar-refractivity contribution in [2.75, 3.05) is 47.5 Å². The van der Waals surface area contributed by atoms with Crippen LogP contribution in [0, 0.1) is 0 Å². The molecule has 0 radical (unpaired) electrons. The van der Waals surface area contributed by atoms with E-state index in [4.69, 9.17) is 18.5 Å². The highest BCUT2D eigenvalue weighted by molar-refractivity contribution is 7.47. The highest BCUT2D eigenvalue weighted by atomic mass is 31.2. The van der Waals surface area contributed by atoms with Crippen molar-refractivity contribution in [3.05, 3.63) is 24.3 Å². The van der Waals surface area contributed by atoms with E-state index in [2.05, 4.69) is 38.2 Å². The molecule has 0 spiro atoms. The van der Waals surface area contributed by atoms with E-state index in [1.165, 1.54) is 167 Å². The van der Waals surface area contributed by atoms with E-state index in [-0.39, 0.29) is 32.0 Å². The number of esters is 2. The third-order valence-corrected chi connectivity index (χ3v) is 12.2. The van der Waals surface area contributed by atoms with Crippen LogP contribution in [0.15, 0.2) is 24.3 Å². The lowest BCUT2D eigenvalue weighted by Crippen LogP contribution is -2.37. The lowest BCUT2D eigenvalue weighted by Gasteiger charge is -2.24. The topological polar surface area (TPSA) is 108 Å². The minimum atomic E-state index is -4.38. The van der Waals surface area contributed by atoms with Gasteiger partial charge in [-0.3, -0.25) is 18.6 Å². The summed E-state index contributed by atoms with van der Waals surface area (Å²) in [5, 5.41) is 0. The van der Waals surface area contributed by atoms with Gasteiger partial charge in [-0.1, -0.05) is 205 Å². The number of likely N-dealkylation sites (N-methyl/N-ethyl adjacent to an activating group) is 1. The molecule has 360 valence electrons. The highest BCUT2D eigenvalue weighted by Gasteiger charge is 2.27. The Hall–Kier alpha value is -1.51. The average Bonchev–Trinajstić information content (AvgIpc) is 3.21. The van der Waals surface area contributed by atoms with Gasteiger partial charge >= 0.3 is 19.8 Å². The van der Waals surface area contributed by atoms with E-state index in [0.29, 0.717) is 17.4 Å². The van der Waals surface area contributed by atoms with Crippen molar-refractivity contribution in [1.82, 2.24) is 0 Å². The lowest BCUT2D eigenvalue weighted by atomic mass is 10.0. The molecule has 0 aromatic heterocycles. The largest absolute Gasteiger partial charge is 0.472 e. The molecule has 2 atom stereocenters. The zero-order valence-corrected chi connectivity index (χ0v) is 41.6. The Kier molecular flexibility index (Phi) is 42.6. The summed E-state index contributed by atoms with van der Waals surface area (Å²) >= 11 is 0. The van der Waals surface area contributed by atoms with Crippen LogP contribution in [0.5, 0.6) is 0 Å². The van der Waals surface area contributed by atoms with Crippen molar-refractivity contribution in [2.45, 2.75) is 245 Å². The fourth-order valence-electron chi connectivity index (χ4n) is 7.22. The minimum absolute atomic E-state index is 0.0334. The Morgan fingerprint density at radius 1 is 0.508 bits per heavy atom. The Balaban J connectivity index is 4.24. The average molecular weight is 885 g/mol. The molecule has 10 heteroatoms. The van der Waals surface area contributed by atoms with Crippen molar-refractivity contribution in [2.24, 2.45) is 0 Å². The SMILES string of the molecule is CCCCC/C=C/C/C=C/CCCCCCCCCCCC(=O)OC[C@H](COP(=O)(O)OCC[N+](C)(C)C)OC(=O)CCCCCCCCCCCCCCCCCCCC. The van der Waals surface area contributed by atoms with Crippen LogP contribution in [0.2, 0.25) is 0 Å². The first kappa shape index (κ1) is 59.5. The predicted octanol–water partition coefficient (Wildman–Crippen LogP) is 15.1. The van der Waals surface area contributed by atoms with Gasteiger partial charge in [0.25, 0.3) is 0 Å². The summed E-state index contributed by atoms with van der Waals surface area (Å²) in [5.74, 6) is -0.791. The number of hydrogen-bond acceptors (Lipinski definition) is 7. The number of ether oxygens (including phenoxy) is 2. The molecule has 0 aromatic rings. The van der Waals surface area contributed by atoms with Crippen LogP contribution in [0.25, 0.3) is 0 Å². The molecule has 0 aliphatic carbocycles. The maximum absolute atomic E-state index is 12.7. The van der Waals surface area contributed by atoms with Crippen molar-refractivity contribution in [1.29, 1.82) is 0 Å². The summed E-state index contributed by atoms with van der Waals surface area (Å²) in [6.45, 7) is 4.44. The van der Waals surface area contributed by atoms with Crippen molar-refractivity contribution < 1.29 is 42.1 Å². The first-order valence-corrected chi connectivity index (χ1v) is 27.1. The molecule has 9 nitrogen and oxygen atoms in total. The van der Waals surface area contributed by atoms with E-state index in [9.17, 15) is 19.0 Å². The van der Waals surface area contributed by atoms with Gasteiger partial charge in [-0.05, 0) is 44.9 Å². The van der Waals surface area contributed by atoms with Gasteiger partial charge in [-0.2, -0.15) is 0 Å². The standard InChI is InChI=1S/C51H98NO8P/c1-6-8-10-12-14-16-18-20-22-24-26-28-29-31-33-35-37-39-41-43-50(53)57-47-49(48-59-61(55,56)58-46-45-52(3,4)5)60-51(54)44-42-40-38-36-34-32-30-27-25-23-21-19-17-15-13-11-9-7-2/h14,16,20,22,49H,6-13,15,17-19,21,23-48H2,1-5H3/p+1/b16-14+,22-20+/t49-/m1/s1. The number of phosphoric acid groups is 1. The van der Waals surface area contributed by atoms with Crippen LogP contribution in [0.1, 0.15) is 239 Å². The van der Waals surface area contributed by atoms with Crippen LogP contribution < -0.4 is 0 Å². The molecule has 61 heavy (non-hydrogen) atoms. The van der Waals surface area contributed by atoms with Crippen LogP contribution >= 0.6 is 7.82 Å². The molecule has 0 fully saturated rings. The normalized spacial score (nSPS) is 13.6. The fourth-order valence-corrected chi connectivity index (χ4v) is 7.96. The smallest absolute Gasteiger partial charge is 0.462 e. The second kappa shape index (κ2) is 43.7. The molecule has 0 heterocycles. The summed E-state index contributed by atoms with van der Waals surface area (Å²) in [7, 11) is 1.48. The summed E-state index contributed by atoms with van der Waals surface area (Å²) < 4.78 is 34.5. The number of carbonyl (C=O) groups is 2. The number of quaternary nitrogens is 1. The van der Waals surface area contributed by atoms with Crippen LogP contribution in [0.3, 0.4) is 0 Å². The number of rotatable bonds is 47. The van der Waals surface area contributed by atoms with Gasteiger partial charge in [0, 0.05) is 12.8 Å². The zero-order valence-electron chi connectivity index (χ0n) is 40.7. The van der Waals surface area contributed by atoms with Crippen LogP contribution in [-0.2, 0) is 32.7 Å². The third kappa shape index (κ3) is 47.8. The van der Waals surface area contributed by atoms with Crippen molar-refractivity contribution >= 4 is 19.8 Å². The van der Waals surface area contributed by atoms with E-state index < -0.39 is 26.5 Å². The quantitative estimate of drug-likeness (QED) is 0.0212. The van der Waals surface area contributed by atoms with E-state index >= 15 is 0 Å². The molecular formula is C51H99NO8P+. The Bertz CT molecular complexity index is 1090. The molecule has 0 aliphatic heterocycles.